The van der Waals surface area contributed by atoms with Gasteiger partial charge in [0.2, 0.25) is 5.91 Å². The highest BCUT2D eigenvalue weighted by molar-refractivity contribution is 9.09. The molecular formula is C14H26BrNO. The van der Waals surface area contributed by atoms with E-state index in [0.29, 0.717) is 11.8 Å². The molecule has 0 bridgehead atoms. The molecule has 0 N–H and O–H groups in total. The molecule has 1 rings (SSSR count). The third-order valence-corrected chi connectivity index (χ3v) is 4.01. The van der Waals surface area contributed by atoms with Crippen molar-refractivity contribution >= 4 is 21.8 Å². The maximum atomic E-state index is 12.5. The van der Waals surface area contributed by atoms with Crippen LogP contribution in [0.15, 0.2) is 0 Å². The maximum Gasteiger partial charge on any atom is 0.225 e. The van der Waals surface area contributed by atoms with E-state index in [0.717, 1.165) is 44.1 Å². The first-order valence-electron chi connectivity index (χ1n) is 7.14. The highest BCUT2D eigenvalue weighted by Crippen LogP contribution is 2.24. The van der Waals surface area contributed by atoms with Crippen molar-refractivity contribution in [2.45, 2.75) is 58.3 Å². The van der Waals surface area contributed by atoms with Crippen LogP contribution in [0.25, 0.3) is 0 Å². The first-order valence-corrected chi connectivity index (χ1v) is 8.26. The Kier molecular flexibility index (Phi) is 7.91. The molecule has 0 aromatic rings. The Hall–Kier alpha value is -0.0500. The third-order valence-electron chi connectivity index (χ3n) is 3.65. The highest BCUT2D eigenvalue weighted by Gasteiger charge is 2.24. The van der Waals surface area contributed by atoms with Gasteiger partial charge < -0.3 is 4.90 Å². The lowest BCUT2D eigenvalue weighted by molar-refractivity contribution is -0.135. The number of carbonyl (C=O) groups excluding carboxylic acids is 1. The quantitative estimate of drug-likeness (QED) is 0.537. The lowest BCUT2D eigenvalue weighted by Gasteiger charge is -2.26. The Bertz CT molecular complexity index is 212. The van der Waals surface area contributed by atoms with Crippen molar-refractivity contribution < 1.29 is 4.79 Å². The Morgan fingerprint density at radius 3 is 2.35 bits per heavy atom. The summed E-state index contributed by atoms with van der Waals surface area (Å²) in [5, 5.41) is 0.898. The Morgan fingerprint density at radius 2 is 1.82 bits per heavy atom. The van der Waals surface area contributed by atoms with E-state index in [1.807, 2.05) is 0 Å². The van der Waals surface area contributed by atoms with Crippen LogP contribution in [0.1, 0.15) is 58.3 Å². The molecule has 0 unspecified atom stereocenters. The molecule has 0 saturated heterocycles. The second-order valence-electron chi connectivity index (χ2n) is 5.06. The van der Waals surface area contributed by atoms with Gasteiger partial charge in [0.05, 0.1) is 0 Å². The minimum atomic E-state index is 0.313. The van der Waals surface area contributed by atoms with Gasteiger partial charge in [0, 0.05) is 24.3 Å². The Balaban J connectivity index is 2.48. The summed E-state index contributed by atoms with van der Waals surface area (Å²) < 4.78 is 0. The monoisotopic (exact) mass is 303 g/mol. The number of rotatable bonds is 6. The summed E-state index contributed by atoms with van der Waals surface area (Å²) in [6, 6.07) is 0. The number of carbonyl (C=O) groups is 1. The summed E-state index contributed by atoms with van der Waals surface area (Å²) in [7, 11) is 0. The predicted octanol–water partition coefficient (Wildman–Crippen LogP) is 3.98. The predicted molar refractivity (Wildman–Crippen MR) is 76.5 cm³/mol. The average Bonchev–Trinajstić information content (AvgIpc) is 2.62. The van der Waals surface area contributed by atoms with Gasteiger partial charge in [0.1, 0.15) is 0 Å². The largest absolute Gasteiger partial charge is 0.342 e. The zero-order valence-electron chi connectivity index (χ0n) is 11.1. The molecule has 0 spiro atoms. The van der Waals surface area contributed by atoms with Gasteiger partial charge in [0.15, 0.2) is 0 Å². The van der Waals surface area contributed by atoms with Gasteiger partial charge in [-0.05, 0) is 19.3 Å². The van der Waals surface area contributed by atoms with E-state index in [2.05, 4.69) is 27.8 Å². The zero-order valence-corrected chi connectivity index (χ0v) is 12.7. The highest BCUT2D eigenvalue weighted by atomic mass is 79.9. The van der Waals surface area contributed by atoms with Crippen LogP contribution in [0.5, 0.6) is 0 Å². The van der Waals surface area contributed by atoms with Crippen molar-refractivity contribution in [3.8, 4) is 0 Å². The Labute approximate surface area is 114 Å². The van der Waals surface area contributed by atoms with Crippen molar-refractivity contribution in [2.75, 3.05) is 18.4 Å². The molecule has 0 heterocycles. The van der Waals surface area contributed by atoms with Gasteiger partial charge >= 0.3 is 0 Å². The van der Waals surface area contributed by atoms with Crippen LogP contribution in [-0.4, -0.2) is 29.2 Å². The molecule has 0 atom stereocenters. The van der Waals surface area contributed by atoms with Crippen LogP contribution >= 0.6 is 15.9 Å². The van der Waals surface area contributed by atoms with Crippen LogP contribution < -0.4 is 0 Å². The maximum absolute atomic E-state index is 12.5. The van der Waals surface area contributed by atoms with Gasteiger partial charge in [-0.2, -0.15) is 0 Å². The zero-order chi connectivity index (χ0) is 12.5. The van der Waals surface area contributed by atoms with Crippen molar-refractivity contribution in [1.29, 1.82) is 0 Å². The molecule has 1 aliphatic rings. The molecule has 1 saturated carbocycles. The first-order chi connectivity index (χ1) is 8.29. The third kappa shape index (κ3) is 5.41. The van der Waals surface area contributed by atoms with E-state index in [1.165, 1.54) is 25.7 Å². The molecule has 3 heteroatoms. The lowest BCUT2D eigenvalue weighted by atomic mass is 9.98. The van der Waals surface area contributed by atoms with E-state index >= 15 is 0 Å². The number of hydrogen-bond donors (Lipinski definition) is 0. The van der Waals surface area contributed by atoms with E-state index in [-0.39, 0.29) is 0 Å². The fraction of sp³-hybridized carbons (Fsp3) is 0.929. The number of unbranched alkanes of at least 4 members (excludes halogenated alkanes) is 1. The minimum Gasteiger partial charge on any atom is -0.342 e. The molecule has 17 heavy (non-hydrogen) atoms. The number of halogens is 1. The van der Waals surface area contributed by atoms with Gasteiger partial charge in [-0.3, -0.25) is 4.79 Å². The molecule has 0 aromatic carbocycles. The normalized spacial score (nSPS) is 17.8. The standard InChI is InChI=1S/C14H26BrNO/c1-2-3-11-16(12-10-15)14(17)13-8-6-4-5-7-9-13/h13H,2-12H2,1H3. The second kappa shape index (κ2) is 8.96. The molecule has 1 aliphatic carbocycles. The number of nitrogens with zero attached hydrogens (tertiary/aromatic N) is 1. The van der Waals surface area contributed by atoms with E-state index in [9.17, 15) is 4.79 Å². The van der Waals surface area contributed by atoms with Crippen molar-refractivity contribution in [2.24, 2.45) is 5.92 Å². The van der Waals surface area contributed by atoms with Crippen LogP contribution in [0.2, 0.25) is 0 Å². The summed E-state index contributed by atoms with van der Waals surface area (Å²) in [5.41, 5.74) is 0. The lowest BCUT2D eigenvalue weighted by Crippen LogP contribution is -2.38. The summed E-state index contributed by atoms with van der Waals surface area (Å²) in [6.07, 6.45) is 9.64. The first kappa shape index (κ1) is 15.0. The number of hydrogen-bond acceptors (Lipinski definition) is 1. The molecule has 1 fully saturated rings. The molecule has 2 nitrogen and oxygen atoms in total. The molecular weight excluding hydrogens is 278 g/mol. The topological polar surface area (TPSA) is 20.3 Å². The second-order valence-corrected chi connectivity index (χ2v) is 5.85. The summed E-state index contributed by atoms with van der Waals surface area (Å²) in [6.45, 7) is 4.00. The molecule has 0 radical (unpaired) electrons. The molecule has 1 amide bonds. The number of amides is 1. The Morgan fingerprint density at radius 1 is 1.18 bits per heavy atom. The van der Waals surface area contributed by atoms with Gasteiger partial charge in [-0.25, -0.2) is 0 Å². The van der Waals surface area contributed by atoms with Crippen LogP contribution in [0, 0.1) is 5.92 Å². The van der Waals surface area contributed by atoms with Crippen molar-refractivity contribution in [3.63, 3.8) is 0 Å². The molecule has 100 valence electrons. The van der Waals surface area contributed by atoms with Crippen molar-refractivity contribution in [1.82, 2.24) is 4.90 Å². The minimum absolute atomic E-state index is 0.313. The van der Waals surface area contributed by atoms with Crippen LogP contribution in [0.3, 0.4) is 0 Å². The van der Waals surface area contributed by atoms with E-state index in [4.69, 9.17) is 0 Å². The van der Waals surface area contributed by atoms with Gasteiger partial charge in [0.25, 0.3) is 0 Å². The fourth-order valence-electron chi connectivity index (χ4n) is 2.57. The van der Waals surface area contributed by atoms with Crippen LogP contribution in [-0.2, 0) is 4.79 Å². The summed E-state index contributed by atoms with van der Waals surface area (Å²) >= 11 is 3.46. The van der Waals surface area contributed by atoms with E-state index in [1.54, 1.807) is 0 Å². The van der Waals surface area contributed by atoms with Crippen LogP contribution in [0.4, 0.5) is 0 Å². The van der Waals surface area contributed by atoms with Crippen molar-refractivity contribution in [3.05, 3.63) is 0 Å². The van der Waals surface area contributed by atoms with Gasteiger partial charge in [-0.1, -0.05) is 55.0 Å². The number of alkyl halides is 1. The SMILES string of the molecule is CCCCN(CCBr)C(=O)C1CCCCCC1. The molecule has 0 aromatic heterocycles. The summed E-state index contributed by atoms with van der Waals surface area (Å²) in [4.78, 5) is 14.5. The fourth-order valence-corrected chi connectivity index (χ4v) is 3.00. The molecule has 0 aliphatic heterocycles. The summed E-state index contributed by atoms with van der Waals surface area (Å²) in [5.74, 6) is 0.730. The smallest absolute Gasteiger partial charge is 0.225 e. The van der Waals surface area contributed by atoms with Gasteiger partial charge in [-0.15, -0.1) is 0 Å². The van der Waals surface area contributed by atoms with E-state index < -0.39 is 0 Å². The average molecular weight is 304 g/mol.